The third-order valence-electron chi connectivity index (χ3n) is 3.67. The van der Waals surface area contributed by atoms with E-state index in [1.165, 1.54) is 12.1 Å². The van der Waals surface area contributed by atoms with E-state index in [0.29, 0.717) is 19.0 Å². The number of carbonyl (C=O) groups is 1. The number of hydrogen-bond donors (Lipinski definition) is 3. The van der Waals surface area contributed by atoms with E-state index in [2.05, 4.69) is 10.6 Å². The molecule has 0 heterocycles. The Bertz CT molecular complexity index is 436. The largest absolute Gasteiger partial charge is 0.393 e. The lowest BCUT2D eigenvalue weighted by Gasteiger charge is -2.25. The van der Waals surface area contributed by atoms with Gasteiger partial charge in [-0.15, -0.1) is 0 Å². The summed E-state index contributed by atoms with van der Waals surface area (Å²) in [5.41, 5.74) is 0.856. The minimum Gasteiger partial charge on any atom is -0.393 e. The second-order valence-electron chi connectivity index (χ2n) is 5.38. The second-order valence-corrected chi connectivity index (χ2v) is 5.38. The Hall–Kier alpha value is -1.62. The molecule has 1 aromatic carbocycles. The highest BCUT2D eigenvalue weighted by Gasteiger charge is 2.20. The van der Waals surface area contributed by atoms with Gasteiger partial charge in [0.1, 0.15) is 5.82 Å². The van der Waals surface area contributed by atoms with Crippen molar-refractivity contribution in [3.63, 3.8) is 0 Å². The maximum absolute atomic E-state index is 12.7. The molecular formula is C15H21FN2O2. The van der Waals surface area contributed by atoms with Crippen LogP contribution in [0.2, 0.25) is 0 Å². The van der Waals surface area contributed by atoms with Crippen LogP contribution in [0.1, 0.15) is 31.2 Å². The van der Waals surface area contributed by atoms with Gasteiger partial charge in [-0.1, -0.05) is 18.6 Å². The Labute approximate surface area is 118 Å². The first-order valence-electron chi connectivity index (χ1n) is 7.07. The lowest BCUT2D eigenvalue weighted by atomic mass is 9.87. The Morgan fingerprint density at radius 1 is 1.25 bits per heavy atom. The van der Waals surface area contributed by atoms with Crippen molar-refractivity contribution < 1.29 is 14.3 Å². The molecule has 1 saturated carbocycles. The molecule has 5 heteroatoms. The zero-order valence-electron chi connectivity index (χ0n) is 11.4. The van der Waals surface area contributed by atoms with Crippen molar-refractivity contribution in [1.29, 1.82) is 0 Å². The van der Waals surface area contributed by atoms with Gasteiger partial charge in [-0.05, 0) is 42.9 Å². The molecule has 1 fully saturated rings. The average Bonchev–Trinajstić information content (AvgIpc) is 2.45. The molecule has 2 amide bonds. The summed E-state index contributed by atoms with van der Waals surface area (Å²) in [6, 6.07) is 5.81. The fraction of sp³-hybridized carbons (Fsp3) is 0.533. The fourth-order valence-corrected chi connectivity index (χ4v) is 2.53. The molecule has 110 valence electrons. The molecule has 0 bridgehead atoms. The number of nitrogens with one attached hydrogen (secondary N) is 2. The van der Waals surface area contributed by atoms with Crippen molar-refractivity contribution in [3.8, 4) is 0 Å². The van der Waals surface area contributed by atoms with Gasteiger partial charge in [0, 0.05) is 13.1 Å². The SMILES string of the molecule is O=C(NCc1ccc(F)cc1)NCC1CCCC(O)C1. The van der Waals surface area contributed by atoms with Crippen LogP contribution < -0.4 is 10.6 Å². The van der Waals surface area contributed by atoms with E-state index in [9.17, 15) is 14.3 Å². The van der Waals surface area contributed by atoms with Crippen LogP contribution in [0.15, 0.2) is 24.3 Å². The standard InChI is InChI=1S/C15H21FN2O2/c16-13-6-4-11(5-7-13)9-17-15(20)18-10-12-2-1-3-14(19)8-12/h4-7,12,14,19H,1-3,8-10H2,(H2,17,18,20). The highest BCUT2D eigenvalue weighted by molar-refractivity contribution is 5.73. The van der Waals surface area contributed by atoms with Crippen molar-refractivity contribution in [2.75, 3.05) is 6.54 Å². The van der Waals surface area contributed by atoms with E-state index in [1.807, 2.05) is 0 Å². The van der Waals surface area contributed by atoms with Gasteiger partial charge in [0.25, 0.3) is 0 Å². The van der Waals surface area contributed by atoms with Crippen molar-refractivity contribution in [3.05, 3.63) is 35.6 Å². The molecule has 0 radical (unpaired) electrons. The molecule has 0 spiro atoms. The molecule has 2 unspecified atom stereocenters. The molecule has 2 atom stereocenters. The van der Waals surface area contributed by atoms with Crippen LogP contribution in [0.3, 0.4) is 0 Å². The molecule has 1 aliphatic carbocycles. The lowest BCUT2D eigenvalue weighted by Crippen LogP contribution is -2.39. The summed E-state index contributed by atoms with van der Waals surface area (Å²) >= 11 is 0. The van der Waals surface area contributed by atoms with Crippen molar-refractivity contribution in [1.82, 2.24) is 10.6 Å². The fourth-order valence-electron chi connectivity index (χ4n) is 2.53. The summed E-state index contributed by atoms with van der Waals surface area (Å²) in [6.07, 6.45) is 3.48. The molecular weight excluding hydrogens is 259 g/mol. The molecule has 4 nitrogen and oxygen atoms in total. The van der Waals surface area contributed by atoms with Gasteiger partial charge in [-0.3, -0.25) is 0 Å². The van der Waals surface area contributed by atoms with E-state index >= 15 is 0 Å². The Balaban J connectivity index is 1.66. The van der Waals surface area contributed by atoms with Crippen LogP contribution >= 0.6 is 0 Å². The number of benzene rings is 1. The lowest BCUT2D eigenvalue weighted by molar-refractivity contribution is 0.101. The number of amides is 2. The number of halogens is 1. The van der Waals surface area contributed by atoms with Gasteiger partial charge >= 0.3 is 6.03 Å². The van der Waals surface area contributed by atoms with Gasteiger partial charge in [0.2, 0.25) is 0 Å². The average molecular weight is 280 g/mol. The summed E-state index contributed by atoms with van der Waals surface area (Å²) in [4.78, 5) is 11.6. The normalized spacial score (nSPS) is 22.3. The van der Waals surface area contributed by atoms with E-state index < -0.39 is 0 Å². The third kappa shape index (κ3) is 4.81. The smallest absolute Gasteiger partial charge is 0.315 e. The Morgan fingerprint density at radius 2 is 2.00 bits per heavy atom. The van der Waals surface area contributed by atoms with E-state index in [-0.39, 0.29) is 18.0 Å². The zero-order valence-corrected chi connectivity index (χ0v) is 11.4. The maximum atomic E-state index is 12.7. The molecule has 2 rings (SSSR count). The molecule has 0 saturated heterocycles. The minimum absolute atomic E-state index is 0.224. The van der Waals surface area contributed by atoms with Gasteiger partial charge < -0.3 is 15.7 Å². The van der Waals surface area contributed by atoms with Crippen LogP contribution in [0.25, 0.3) is 0 Å². The molecule has 0 aromatic heterocycles. The van der Waals surface area contributed by atoms with Crippen LogP contribution in [0, 0.1) is 11.7 Å². The molecule has 20 heavy (non-hydrogen) atoms. The van der Waals surface area contributed by atoms with Crippen LogP contribution in [-0.2, 0) is 6.54 Å². The summed E-state index contributed by atoms with van der Waals surface area (Å²) in [7, 11) is 0. The summed E-state index contributed by atoms with van der Waals surface area (Å²) in [5.74, 6) is 0.0735. The Kier molecular flexibility index (Phi) is 5.35. The predicted molar refractivity (Wildman–Crippen MR) is 74.6 cm³/mol. The first-order valence-corrected chi connectivity index (χ1v) is 7.07. The van der Waals surface area contributed by atoms with Crippen molar-refractivity contribution in [2.24, 2.45) is 5.92 Å². The number of hydrogen-bond acceptors (Lipinski definition) is 2. The first kappa shape index (κ1) is 14.8. The maximum Gasteiger partial charge on any atom is 0.315 e. The minimum atomic E-state index is -0.283. The zero-order chi connectivity index (χ0) is 14.4. The number of aliphatic hydroxyl groups excluding tert-OH is 1. The first-order chi connectivity index (χ1) is 9.63. The summed E-state index contributed by atoms with van der Waals surface area (Å²) in [5, 5.41) is 15.1. The van der Waals surface area contributed by atoms with Gasteiger partial charge in [-0.25, -0.2) is 9.18 Å². The summed E-state index contributed by atoms with van der Waals surface area (Å²) < 4.78 is 12.7. The highest BCUT2D eigenvalue weighted by Crippen LogP contribution is 2.23. The molecule has 3 N–H and O–H groups in total. The topological polar surface area (TPSA) is 61.4 Å². The number of aliphatic hydroxyl groups is 1. The number of rotatable bonds is 4. The van der Waals surface area contributed by atoms with E-state index in [1.54, 1.807) is 12.1 Å². The molecule has 1 aliphatic rings. The predicted octanol–water partition coefficient (Wildman–Crippen LogP) is 2.18. The number of carbonyl (C=O) groups excluding carboxylic acids is 1. The quantitative estimate of drug-likeness (QED) is 0.791. The van der Waals surface area contributed by atoms with E-state index in [4.69, 9.17) is 0 Å². The third-order valence-corrected chi connectivity index (χ3v) is 3.67. The number of urea groups is 1. The van der Waals surface area contributed by atoms with Crippen LogP contribution in [-0.4, -0.2) is 23.8 Å². The van der Waals surface area contributed by atoms with Crippen LogP contribution in [0.5, 0.6) is 0 Å². The Morgan fingerprint density at radius 3 is 2.70 bits per heavy atom. The summed E-state index contributed by atoms with van der Waals surface area (Å²) in [6.45, 7) is 0.964. The van der Waals surface area contributed by atoms with Gasteiger partial charge in [0.05, 0.1) is 6.10 Å². The second kappa shape index (κ2) is 7.24. The molecule has 0 aliphatic heterocycles. The monoisotopic (exact) mass is 280 g/mol. The van der Waals surface area contributed by atoms with Gasteiger partial charge in [0.15, 0.2) is 0 Å². The van der Waals surface area contributed by atoms with Crippen molar-refractivity contribution in [2.45, 2.75) is 38.3 Å². The van der Waals surface area contributed by atoms with Gasteiger partial charge in [-0.2, -0.15) is 0 Å². The van der Waals surface area contributed by atoms with Crippen LogP contribution in [0.4, 0.5) is 9.18 Å². The van der Waals surface area contributed by atoms with E-state index in [0.717, 1.165) is 31.2 Å². The molecule has 1 aromatic rings. The van der Waals surface area contributed by atoms with Crippen molar-refractivity contribution >= 4 is 6.03 Å². The highest BCUT2D eigenvalue weighted by atomic mass is 19.1.